The summed E-state index contributed by atoms with van der Waals surface area (Å²) in [5.41, 5.74) is 2.19. The maximum Gasteiger partial charge on any atom is 0.308 e. The lowest BCUT2D eigenvalue weighted by atomic mass is 9.83. The van der Waals surface area contributed by atoms with Crippen molar-refractivity contribution in [3.63, 3.8) is 0 Å². The lowest BCUT2D eigenvalue weighted by Gasteiger charge is -2.33. The molecule has 0 spiro atoms. The first-order valence-electron chi connectivity index (χ1n) is 6.27. The Bertz CT molecular complexity index is 459. The molecule has 1 aliphatic rings. The number of halogens is 1. The topological polar surface area (TPSA) is 49.3 Å². The van der Waals surface area contributed by atoms with Gasteiger partial charge in [-0.3, -0.25) is 4.79 Å². The van der Waals surface area contributed by atoms with Gasteiger partial charge in [-0.1, -0.05) is 25.4 Å². The fraction of sp³-hybridized carbons (Fsp3) is 0.500. The lowest BCUT2D eigenvalue weighted by Crippen LogP contribution is -2.40. The third-order valence-corrected chi connectivity index (χ3v) is 3.80. The zero-order chi connectivity index (χ0) is 13.3. The first-order valence-corrected chi connectivity index (χ1v) is 6.64. The molecule has 0 saturated carbocycles. The van der Waals surface area contributed by atoms with Crippen LogP contribution in [-0.4, -0.2) is 17.1 Å². The van der Waals surface area contributed by atoms with E-state index in [1.807, 2.05) is 32.0 Å². The fourth-order valence-electron chi connectivity index (χ4n) is 2.68. The van der Waals surface area contributed by atoms with Crippen LogP contribution >= 0.6 is 11.6 Å². The second kappa shape index (κ2) is 5.19. The van der Waals surface area contributed by atoms with E-state index in [0.717, 1.165) is 23.6 Å². The second-order valence-corrected chi connectivity index (χ2v) is 5.64. The summed E-state index contributed by atoms with van der Waals surface area (Å²) < 4.78 is 0. The highest BCUT2D eigenvalue weighted by molar-refractivity contribution is 6.30. The standard InChI is InChI=1S/C14H18ClNO2/c1-8(2)13(14(17)18)12-5-3-9-7-10(15)4-6-11(9)16-12/h4,6-8,12-13,16H,3,5H2,1-2H3,(H,17,18)/t12-,13?/m0/s1. The average Bonchev–Trinajstić information content (AvgIpc) is 2.28. The van der Waals surface area contributed by atoms with Crippen molar-refractivity contribution in [1.82, 2.24) is 0 Å². The van der Waals surface area contributed by atoms with Crippen molar-refractivity contribution in [3.8, 4) is 0 Å². The normalized spacial score (nSPS) is 20.1. The molecule has 1 aliphatic heterocycles. The largest absolute Gasteiger partial charge is 0.481 e. The number of aryl methyl sites for hydroxylation is 1. The van der Waals surface area contributed by atoms with Gasteiger partial charge in [-0.15, -0.1) is 0 Å². The van der Waals surface area contributed by atoms with Crippen LogP contribution in [-0.2, 0) is 11.2 Å². The molecule has 0 radical (unpaired) electrons. The minimum atomic E-state index is -0.722. The number of aliphatic carboxylic acids is 1. The Morgan fingerprint density at radius 1 is 1.50 bits per heavy atom. The van der Waals surface area contributed by atoms with Gasteiger partial charge in [-0.05, 0) is 42.5 Å². The molecule has 0 bridgehead atoms. The van der Waals surface area contributed by atoms with Crippen LogP contribution in [0.25, 0.3) is 0 Å². The molecule has 4 heteroatoms. The number of anilines is 1. The van der Waals surface area contributed by atoms with Crippen LogP contribution in [0.1, 0.15) is 25.8 Å². The molecule has 0 aliphatic carbocycles. The van der Waals surface area contributed by atoms with Gasteiger partial charge in [-0.2, -0.15) is 0 Å². The Balaban J connectivity index is 2.21. The van der Waals surface area contributed by atoms with Crippen molar-refractivity contribution < 1.29 is 9.90 Å². The highest BCUT2D eigenvalue weighted by atomic mass is 35.5. The minimum Gasteiger partial charge on any atom is -0.481 e. The van der Waals surface area contributed by atoms with Crippen molar-refractivity contribution in [2.24, 2.45) is 11.8 Å². The van der Waals surface area contributed by atoms with Gasteiger partial charge in [0.05, 0.1) is 5.92 Å². The van der Waals surface area contributed by atoms with E-state index in [4.69, 9.17) is 11.6 Å². The molecule has 1 aromatic carbocycles. The Labute approximate surface area is 112 Å². The summed E-state index contributed by atoms with van der Waals surface area (Å²) in [5, 5.41) is 13.4. The molecule has 18 heavy (non-hydrogen) atoms. The predicted octanol–water partition coefficient (Wildman–Crippen LogP) is 3.42. The Morgan fingerprint density at radius 3 is 2.83 bits per heavy atom. The maximum atomic E-state index is 11.3. The number of carboxylic acids is 1. The smallest absolute Gasteiger partial charge is 0.308 e. The van der Waals surface area contributed by atoms with Crippen molar-refractivity contribution in [1.29, 1.82) is 0 Å². The zero-order valence-electron chi connectivity index (χ0n) is 10.6. The molecular formula is C14H18ClNO2. The number of fused-ring (bicyclic) bond motifs is 1. The van der Waals surface area contributed by atoms with Crippen molar-refractivity contribution >= 4 is 23.3 Å². The summed E-state index contributed by atoms with van der Waals surface area (Å²) in [7, 11) is 0. The third-order valence-electron chi connectivity index (χ3n) is 3.57. The van der Waals surface area contributed by atoms with Crippen LogP contribution in [0.2, 0.25) is 5.02 Å². The molecule has 2 rings (SSSR count). The molecule has 0 aromatic heterocycles. The number of hydrogen-bond acceptors (Lipinski definition) is 2. The van der Waals surface area contributed by atoms with Crippen LogP contribution in [0.3, 0.4) is 0 Å². The van der Waals surface area contributed by atoms with E-state index in [1.165, 1.54) is 5.56 Å². The molecule has 2 atom stereocenters. The van der Waals surface area contributed by atoms with Gasteiger partial charge >= 0.3 is 5.97 Å². The summed E-state index contributed by atoms with van der Waals surface area (Å²) in [6.07, 6.45) is 1.71. The number of benzene rings is 1. The third kappa shape index (κ3) is 2.61. The summed E-state index contributed by atoms with van der Waals surface area (Å²) in [5.74, 6) is -0.956. The Morgan fingerprint density at radius 2 is 2.22 bits per heavy atom. The number of hydrogen-bond donors (Lipinski definition) is 2. The summed E-state index contributed by atoms with van der Waals surface area (Å²) in [6.45, 7) is 3.91. The van der Waals surface area contributed by atoms with E-state index in [1.54, 1.807) is 0 Å². The summed E-state index contributed by atoms with van der Waals surface area (Å²) in [4.78, 5) is 11.3. The van der Waals surface area contributed by atoms with E-state index in [9.17, 15) is 9.90 Å². The van der Waals surface area contributed by atoms with Gasteiger partial charge in [0.2, 0.25) is 0 Å². The van der Waals surface area contributed by atoms with Gasteiger partial charge in [0.25, 0.3) is 0 Å². The number of carbonyl (C=O) groups is 1. The van der Waals surface area contributed by atoms with Gasteiger partial charge in [0.15, 0.2) is 0 Å². The van der Waals surface area contributed by atoms with Gasteiger partial charge < -0.3 is 10.4 Å². The molecule has 0 fully saturated rings. The van der Waals surface area contributed by atoms with Gasteiger partial charge in [-0.25, -0.2) is 0 Å². The van der Waals surface area contributed by atoms with Crippen LogP contribution < -0.4 is 5.32 Å². The number of rotatable bonds is 3. The van der Waals surface area contributed by atoms with Crippen LogP contribution in [0.4, 0.5) is 5.69 Å². The zero-order valence-corrected chi connectivity index (χ0v) is 11.4. The average molecular weight is 268 g/mol. The highest BCUT2D eigenvalue weighted by Gasteiger charge is 2.33. The van der Waals surface area contributed by atoms with E-state index in [0.29, 0.717) is 0 Å². The molecule has 3 nitrogen and oxygen atoms in total. The molecule has 0 amide bonds. The number of nitrogens with one attached hydrogen (secondary N) is 1. The first kappa shape index (κ1) is 13.2. The SMILES string of the molecule is CC(C)C(C(=O)O)[C@@H]1CCc2cc(Cl)ccc2N1. The number of carboxylic acid groups (broad SMARTS) is 1. The lowest BCUT2D eigenvalue weighted by molar-refractivity contribution is -0.143. The van der Waals surface area contributed by atoms with Crippen molar-refractivity contribution in [2.75, 3.05) is 5.32 Å². The first-order chi connectivity index (χ1) is 8.49. The molecule has 1 unspecified atom stereocenters. The Hall–Kier alpha value is -1.22. The molecule has 0 saturated heterocycles. The highest BCUT2D eigenvalue weighted by Crippen LogP contribution is 2.32. The van der Waals surface area contributed by atoms with E-state index >= 15 is 0 Å². The fourth-order valence-corrected chi connectivity index (χ4v) is 2.88. The Kier molecular flexibility index (Phi) is 3.81. The molecule has 1 heterocycles. The molecule has 1 aromatic rings. The van der Waals surface area contributed by atoms with Crippen LogP contribution in [0.5, 0.6) is 0 Å². The second-order valence-electron chi connectivity index (χ2n) is 5.20. The van der Waals surface area contributed by atoms with E-state index < -0.39 is 5.97 Å². The van der Waals surface area contributed by atoms with E-state index in [2.05, 4.69) is 5.32 Å². The molecule has 2 N–H and O–H groups in total. The molecular weight excluding hydrogens is 250 g/mol. The van der Waals surface area contributed by atoms with E-state index in [-0.39, 0.29) is 17.9 Å². The summed E-state index contributed by atoms with van der Waals surface area (Å²) >= 11 is 5.95. The van der Waals surface area contributed by atoms with Gasteiger partial charge in [0.1, 0.15) is 0 Å². The van der Waals surface area contributed by atoms with Crippen molar-refractivity contribution in [2.45, 2.75) is 32.7 Å². The maximum absolute atomic E-state index is 11.3. The van der Waals surface area contributed by atoms with Crippen molar-refractivity contribution in [3.05, 3.63) is 28.8 Å². The monoisotopic (exact) mass is 267 g/mol. The molecule has 98 valence electrons. The van der Waals surface area contributed by atoms with Crippen LogP contribution in [0, 0.1) is 11.8 Å². The summed E-state index contributed by atoms with van der Waals surface area (Å²) in [6, 6.07) is 5.71. The minimum absolute atomic E-state index is 0.00354. The van der Waals surface area contributed by atoms with Gasteiger partial charge in [0, 0.05) is 16.8 Å². The van der Waals surface area contributed by atoms with Crippen LogP contribution in [0.15, 0.2) is 18.2 Å². The quantitative estimate of drug-likeness (QED) is 0.882. The predicted molar refractivity (Wildman–Crippen MR) is 73.1 cm³/mol.